The molecule has 0 aliphatic rings. The molecule has 8 nitrogen and oxygen atoms in total. The van der Waals surface area contributed by atoms with Crippen molar-refractivity contribution < 1.29 is 22.7 Å². The highest BCUT2D eigenvalue weighted by atomic mass is 35.5. The molecule has 0 fully saturated rings. The Hall–Kier alpha value is -3.27. The molecule has 1 N–H and O–H groups in total. The molecular formula is C30H35Cl2N3O5S. The summed E-state index contributed by atoms with van der Waals surface area (Å²) in [6.45, 7) is 5.26. The van der Waals surface area contributed by atoms with Crippen molar-refractivity contribution in [2.75, 3.05) is 24.5 Å². The van der Waals surface area contributed by atoms with Gasteiger partial charge in [-0.05, 0) is 67.8 Å². The van der Waals surface area contributed by atoms with E-state index in [1.54, 1.807) is 61.5 Å². The van der Waals surface area contributed by atoms with Crippen LogP contribution in [0.25, 0.3) is 0 Å². The van der Waals surface area contributed by atoms with Crippen LogP contribution in [-0.2, 0) is 26.2 Å². The third-order valence-corrected chi connectivity index (χ3v) is 8.93. The third-order valence-electron chi connectivity index (χ3n) is 6.57. The molecular weight excluding hydrogens is 585 g/mol. The molecule has 3 aromatic carbocycles. The summed E-state index contributed by atoms with van der Waals surface area (Å²) < 4.78 is 34.5. The Labute approximate surface area is 252 Å². The molecule has 0 aliphatic carbocycles. The van der Waals surface area contributed by atoms with E-state index in [0.29, 0.717) is 22.2 Å². The first-order valence-corrected chi connectivity index (χ1v) is 15.4. The van der Waals surface area contributed by atoms with Gasteiger partial charge in [0.2, 0.25) is 11.8 Å². The molecule has 0 saturated heterocycles. The van der Waals surface area contributed by atoms with Crippen LogP contribution in [0, 0.1) is 6.92 Å². The van der Waals surface area contributed by atoms with Crippen LogP contribution in [0.3, 0.4) is 0 Å². The number of hydrogen-bond acceptors (Lipinski definition) is 5. The normalized spacial score (nSPS) is 12.0. The van der Waals surface area contributed by atoms with Crippen molar-refractivity contribution in [3.05, 3.63) is 87.9 Å². The Balaban J connectivity index is 2.08. The number of nitrogens with one attached hydrogen (secondary N) is 1. The maximum absolute atomic E-state index is 14.1. The van der Waals surface area contributed by atoms with E-state index in [0.717, 1.165) is 22.7 Å². The molecule has 0 aliphatic heterocycles. The maximum atomic E-state index is 14.1. The molecule has 0 spiro atoms. The maximum Gasteiger partial charge on any atom is 0.264 e. The Morgan fingerprint density at radius 1 is 1.02 bits per heavy atom. The molecule has 3 rings (SSSR count). The fourth-order valence-electron chi connectivity index (χ4n) is 4.18. The van der Waals surface area contributed by atoms with E-state index in [2.05, 4.69) is 5.32 Å². The van der Waals surface area contributed by atoms with Gasteiger partial charge in [-0.15, -0.1) is 0 Å². The Kier molecular flexibility index (Phi) is 11.5. The zero-order valence-electron chi connectivity index (χ0n) is 23.6. The summed E-state index contributed by atoms with van der Waals surface area (Å²) in [6, 6.07) is 16.9. The molecule has 11 heteroatoms. The zero-order valence-corrected chi connectivity index (χ0v) is 25.9. The molecule has 220 valence electrons. The highest BCUT2D eigenvalue weighted by Gasteiger charge is 2.34. The summed E-state index contributed by atoms with van der Waals surface area (Å²) in [5.74, 6) is -0.680. The summed E-state index contributed by atoms with van der Waals surface area (Å²) in [6.07, 6.45) is 1.67. The van der Waals surface area contributed by atoms with Crippen molar-refractivity contribution in [2.45, 2.75) is 51.1 Å². The SMILES string of the molecule is CCCCNC(=O)[C@@H](C)N(Cc1ccc(Cl)cc1Cl)C(=O)CN(c1cc(C)ccc1OC)S(=O)(=O)c1ccccc1. The Morgan fingerprint density at radius 2 is 1.73 bits per heavy atom. The largest absolute Gasteiger partial charge is 0.495 e. The first kappa shape index (κ1) is 32.2. The lowest BCUT2D eigenvalue weighted by Crippen LogP contribution is -2.51. The predicted octanol–water partition coefficient (Wildman–Crippen LogP) is 5.84. The minimum absolute atomic E-state index is 0.00834. The molecule has 0 heterocycles. The topological polar surface area (TPSA) is 96.0 Å². The first-order chi connectivity index (χ1) is 19.5. The molecule has 3 aromatic rings. The minimum atomic E-state index is -4.22. The second-order valence-corrected chi connectivity index (χ2v) is 12.3. The lowest BCUT2D eigenvalue weighted by atomic mass is 10.1. The summed E-state index contributed by atoms with van der Waals surface area (Å²) in [7, 11) is -2.79. The number of hydrogen-bond donors (Lipinski definition) is 1. The second-order valence-electron chi connectivity index (χ2n) is 9.58. The molecule has 41 heavy (non-hydrogen) atoms. The molecule has 0 saturated carbocycles. The first-order valence-electron chi connectivity index (χ1n) is 13.2. The van der Waals surface area contributed by atoms with Crippen molar-refractivity contribution in [1.29, 1.82) is 0 Å². The van der Waals surface area contributed by atoms with Crippen molar-refractivity contribution in [2.24, 2.45) is 0 Å². The average Bonchev–Trinajstić information content (AvgIpc) is 2.95. The van der Waals surface area contributed by atoms with Gasteiger partial charge in [-0.2, -0.15) is 0 Å². The summed E-state index contributed by atoms with van der Waals surface area (Å²) in [5, 5.41) is 3.60. The number of anilines is 1. The van der Waals surface area contributed by atoms with Crippen molar-refractivity contribution in [3.8, 4) is 5.75 Å². The minimum Gasteiger partial charge on any atom is -0.495 e. The third kappa shape index (κ3) is 8.15. The highest BCUT2D eigenvalue weighted by Crippen LogP contribution is 2.34. The van der Waals surface area contributed by atoms with Gasteiger partial charge in [0.05, 0.1) is 17.7 Å². The summed E-state index contributed by atoms with van der Waals surface area (Å²) >= 11 is 12.5. The molecule has 0 radical (unpaired) electrons. The van der Waals surface area contributed by atoms with Gasteiger partial charge >= 0.3 is 0 Å². The Morgan fingerprint density at radius 3 is 2.37 bits per heavy atom. The van der Waals surface area contributed by atoms with E-state index >= 15 is 0 Å². The van der Waals surface area contributed by atoms with Crippen LogP contribution in [0.1, 0.15) is 37.8 Å². The monoisotopic (exact) mass is 619 g/mol. The van der Waals surface area contributed by atoms with Gasteiger partial charge in [-0.3, -0.25) is 13.9 Å². The number of carbonyl (C=O) groups excluding carboxylic acids is 2. The van der Waals surface area contributed by atoms with Gasteiger partial charge in [0.25, 0.3) is 10.0 Å². The number of nitrogens with zero attached hydrogens (tertiary/aromatic N) is 2. The summed E-state index contributed by atoms with van der Waals surface area (Å²) in [4.78, 5) is 28.5. The van der Waals surface area contributed by atoms with E-state index in [1.807, 2.05) is 13.8 Å². The number of benzene rings is 3. The number of methoxy groups -OCH3 is 1. The molecule has 1 atom stereocenters. The van der Waals surface area contributed by atoms with Crippen LogP contribution in [0.5, 0.6) is 5.75 Å². The van der Waals surface area contributed by atoms with Gasteiger partial charge in [-0.25, -0.2) is 8.42 Å². The standard InChI is InChI=1S/C30H35Cl2N3O5S/c1-5-6-16-33-30(37)22(3)34(19-23-13-14-24(31)18-26(23)32)29(36)20-35(27-17-21(2)12-15-28(27)40-4)41(38,39)25-10-8-7-9-11-25/h7-15,17-18,22H,5-6,16,19-20H2,1-4H3,(H,33,37)/t22-/m1/s1. The zero-order chi connectivity index (χ0) is 30.2. The summed E-state index contributed by atoms with van der Waals surface area (Å²) in [5.41, 5.74) is 1.53. The number of rotatable bonds is 13. The number of carbonyl (C=O) groups is 2. The molecule has 2 amide bonds. The average molecular weight is 621 g/mol. The van der Waals surface area contributed by atoms with Crippen LogP contribution in [0.4, 0.5) is 5.69 Å². The highest BCUT2D eigenvalue weighted by molar-refractivity contribution is 7.92. The van der Waals surface area contributed by atoms with Crippen molar-refractivity contribution >= 4 is 50.7 Å². The van der Waals surface area contributed by atoms with Gasteiger partial charge in [0, 0.05) is 23.1 Å². The van der Waals surface area contributed by atoms with Gasteiger partial charge in [0.15, 0.2) is 0 Å². The number of unbranched alkanes of at least 4 members (excludes halogenated alkanes) is 1. The number of ether oxygens (including phenoxy) is 1. The molecule has 0 aromatic heterocycles. The van der Waals surface area contributed by atoms with E-state index in [1.165, 1.54) is 24.1 Å². The van der Waals surface area contributed by atoms with Gasteiger partial charge in [-0.1, -0.05) is 66.9 Å². The second kappa shape index (κ2) is 14.6. The number of aryl methyl sites for hydroxylation is 1. The van der Waals surface area contributed by atoms with E-state index < -0.39 is 28.5 Å². The number of amides is 2. The number of sulfonamides is 1. The lowest BCUT2D eigenvalue weighted by molar-refractivity contribution is -0.139. The van der Waals surface area contributed by atoms with Crippen LogP contribution in [0.2, 0.25) is 10.0 Å². The quantitative estimate of drug-likeness (QED) is 0.243. The van der Waals surface area contributed by atoms with Gasteiger partial charge in [0.1, 0.15) is 18.3 Å². The van der Waals surface area contributed by atoms with Crippen molar-refractivity contribution in [1.82, 2.24) is 10.2 Å². The van der Waals surface area contributed by atoms with E-state index in [-0.39, 0.29) is 28.8 Å². The van der Waals surface area contributed by atoms with Crippen LogP contribution >= 0.6 is 23.2 Å². The van der Waals surface area contributed by atoms with E-state index in [4.69, 9.17) is 27.9 Å². The predicted molar refractivity (Wildman–Crippen MR) is 163 cm³/mol. The fraction of sp³-hybridized carbons (Fsp3) is 0.333. The smallest absolute Gasteiger partial charge is 0.264 e. The molecule has 0 bridgehead atoms. The van der Waals surface area contributed by atoms with E-state index in [9.17, 15) is 18.0 Å². The van der Waals surface area contributed by atoms with Crippen LogP contribution < -0.4 is 14.4 Å². The van der Waals surface area contributed by atoms with Gasteiger partial charge < -0.3 is 15.0 Å². The fourth-order valence-corrected chi connectivity index (χ4v) is 6.09. The molecule has 0 unspecified atom stereocenters. The number of halogens is 2. The van der Waals surface area contributed by atoms with Crippen LogP contribution in [0.15, 0.2) is 71.6 Å². The lowest BCUT2D eigenvalue weighted by Gasteiger charge is -2.32. The van der Waals surface area contributed by atoms with Crippen molar-refractivity contribution in [3.63, 3.8) is 0 Å². The Bertz CT molecular complexity index is 1470. The van der Waals surface area contributed by atoms with Crippen LogP contribution in [-0.4, -0.2) is 51.4 Å².